The summed E-state index contributed by atoms with van der Waals surface area (Å²) in [6.45, 7) is 0.948. The highest BCUT2D eigenvalue weighted by atomic mass is 35.5. The molecule has 2 heterocycles. The number of rotatable bonds is 6. The highest BCUT2D eigenvalue weighted by Gasteiger charge is 2.35. The predicted molar refractivity (Wildman–Crippen MR) is 107 cm³/mol. The zero-order chi connectivity index (χ0) is 20.2. The minimum Gasteiger partial charge on any atom is -0.446 e. The molecule has 29 heavy (non-hydrogen) atoms. The zero-order valence-electron chi connectivity index (χ0n) is 15.8. The van der Waals surface area contributed by atoms with Gasteiger partial charge in [-0.3, -0.25) is 9.89 Å². The standard InChI is InChI=1S/C20H23ClN4O4/c21-15-5-2-1-4-12(15)11-22-20(27)29-14-8-13(9-14)16-10-18(25-24-16)23-19(26)17-6-3-7-28-17/h1-2,4-5,10,13-14,17H,3,6-9,11H2,(H,22,27)(H2,23,24,25,26)/t13?,14?,17-/m1/s1. The maximum Gasteiger partial charge on any atom is 0.407 e. The van der Waals surface area contributed by atoms with Crippen LogP contribution in [0.3, 0.4) is 0 Å². The van der Waals surface area contributed by atoms with Crippen molar-refractivity contribution in [3.63, 3.8) is 0 Å². The zero-order valence-corrected chi connectivity index (χ0v) is 16.6. The monoisotopic (exact) mass is 418 g/mol. The number of anilines is 1. The molecule has 1 saturated carbocycles. The summed E-state index contributed by atoms with van der Waals surface area (Å²) in [5.41, 5.74) is 1.69. The number of hydrogen-bond donors (Lipinski definition) is 3. The van der Waals surface area contributed by atoms with E-state index in [2.05, 4.69) is 20.8 Å². The van der Waals surface area contributed by atoms with E-state index in [0.29, 0.717) is 36.8 Å². The van der Waals surface area contributed by atoms with Crippen molar-refractivity contribution in [3.05, 3.63) is 46.6 Å². The second kappa shape index (κ2) is 8.84. The van der Waals surface area contributed by atoms with E-state index < -0.39 is 6.09 Å². The Balaban J connectivity index is 1.19. The van der Waals surface area contributed by atoms with Crippen LogP contribution in [0.1, 0.15) is 42.9 Å². The molecule has 0 spiro atoms. The Labute approximate surface area is 173 Å². The van der Waals surface area contributed by atoms with E-state index >= 15 is 0 Å². The summed E-state index contributed by atoms with van der Waals surface area (Å²) < 4.78 is 10.8. The van der Waals surface area contributed by atoms with Crippen LogP contribution in [0.5, 0.6) is 0 Å². The highest BCUT2D eigenvalue weighted by Crippen LogP contribution is 2.38. The average molecular weight is 419 g/mol. The molecule has 0 radical (unpaired) electrons. The molecule has 2 amide bonds. The molecule has 0 bridgehead atoms. The van der Waals surface area contributed by atoms with Crippen LogP contribution >= 0.6 is 11.6 Å². The van der Waals surface area contributed by atoms with Crippen molar-refractivity contribution in [1.29, 1.82) is 0 Å². The van der Waals surface area contributed by atoms with E-state index in [1.807, 2.05) is 24.3 Å². The first-order valence-corrected chi connectivity index (χ1v) is 10.1. The van der Waals surface area contributed by atoms with Crippen LogP contribution in [0.15, 0.2) is 30.3 Å². The number of carbonyl (C=O) groups excluding carboxylic acids is 2. The fourth-order valence-corrected chi connectivity index (χ4v) is 3.72. The van der Waals surface area contributed by atoms with E-state index in [1.54, 1.807) is 6.07 Å². The number of alkyl carbamates (subject to hydrolysis) is 1. The Morgan fingerprint density at radius 3 is 2.90 bits per heavy atom. The van der Waals surface area contributed by atoms with E-state index in [4.69, 9.17) is 21.1 Å². The maximum absolute atomic E-state index is 12.1. The number of halogens is 1. The molecule has 1 aromatic carbocycles. The molecule has 2 fully saturated rings. The summed E-state index contributed by atoms with van der Waals surface area (Å²) in [6.07, 6.45) is 2.06. The first-order valence-electron chi connectivity index (χ1n) is 9.74. The van der Waals surface area contributed by atoms with Crippen LogP contribution in [0.4, 0.5) is 10.6 Å². The molecular formula is C20H23ClN4O4. The van der Waals surface area contributed by atoms with Crippen LogP contribution in [-0.2, 0) is 20.8 Å². The average Bonchev–Trinajstić information content (AvgIpc) is 3.36. The predicted octanol–water partition coefficient (Wildman–Crippen LogP) is 3.35. The fraction of sp³-hybridized carbons (Fsp3) is 0.450. The van der Waals surface area contributed by atoms with Crippen molar-refractivity contribution in [2.45, 2.75) is 50.4 Å². The summed E-state index contributed by atoms with van der Waals surface area (Å²) >= 11 is 6.07. The lowest BCUT2D eigenvalue weighted by Gasteiger charge is -2.33. The SMILES string of the molecule is O=C(NCc1ccccc1Cl)OC1CC(c2cc(NC(=O)[C@H]3CCCO3)[nH]n2)C1. The van der Waals surface area contributed by atoms with Gasteiger partial charge in [0, 0.05) is 30.2 Å². The Morgan fingerprint density at radius 2 is 2.14 bits per heavy atom. The molecule has 1 aliphatic heterocycles. The van der Waals surface area contributed by atoms with E-state index in [0.717, 1.165) is 24.1 Å². The van der Waals surface area contributed by atoms with E-state index in [1.165, 1.54) is 0 Å². The fourth-order valence-electron chi connectivity index (χ4n) is 3.51. The van der Waals surface area contributed by atoms with Gasteiger partial charge in [0.25, 0.3) is 5.91 Å². The van der Waals surface area contributed by atoms with Gasteiger partial charge in [-0.1, -0.05) is 29.8 Å². The molecule has 4 rings (SSSR count). The summed E-state index contributed by atoms with van der Waals surface area (Å²) in [6, 6.07) is 9.17. The third-order valence-corrected chi connectivity index (χ3v) is 5.61. The number of ether oxygens (including phenoxy) is 2. The van der Waals surface area contributed by atoms with Crippen LogP contribution in [0.25, 0.3) is 0 Å². The van der Waals surface area contributed by atoms with Gasteiger partial charge in [0.15, 0.2) is 0 Å². The van der Waals surface area contributed by atoms with Crippen LogP contribution in [-0.4, -0.2) is 41.0 Å². The summed E-state index contributed by atoms with van der Waals surface area (Å²) in [7, 11) is 0. The third kappa shape index (κ3) is 4.89. The Hall–Kier alpha value is -2.58. The van der Waals surface area contributed by atoms with Gasteiger partial charge in [0.05, 0.1) is 5.69 Å². The van der Waals surface area contributed by atoms with Gasteiger partial charge in [-0.2, -0.15) is 5.10 Å². The summed E-state index contributed by atoms with van der Waals surface area (Å²) in [5, 5.41) is 13.2. The quantitative estimate of drug-likeness (QED) is 0.667. The van der Waals surface area contributed by atoms with Gasteiger partial charge in [-0.25, -0.2) is 4.79 Å². The number of H-pyrrole nitrogens is 1. The number of aromatic nitrogens is 2. The van der Waals surface area contributed by atoms with Gasteiger partial charge in [-0.05, 0) is 37.3 Å². The van der Waals surface area contributed by atoms with Gasteiger partial charge < -0.3 is 20.1 Å². The lowest BCUT2D eigenvalue weighted by molar-refractivity contribution is -0.124. The lowest BCUT2D eigenvalue weighted by Crippen LogP contribution is -2.36. The van der Waals surface area contributed by atoms with Gasteiger partial charge in [0.1, 0.15) is 18.0 Å². The number of carbonyl (C=O) groups is 2. The van der Waals surface area contributed by atoms with Gasteiger partial charge in [-0.15, -0.1) is 0 Å². The van der Waals surface area contributed by atoms with Crippen molar-refractivity contribution in [1.82, 2.24) is 15.5 Å². The maximum atomic E-state index is 12.1. The minimum atomic E-state index is -0.458. The molecular weight excluding hydrogens is 396 g/mol. The van der Waals surface area contributed by atoms with E-state index in [-0.39, 0.29) is 24.0 Å². The molecule has 0 unspecified atom stereocenters. The highest BCUT2D eigenvalue weighted by molar-refractivity contribution is 6.31. The molecule has 2 aromatic rings. The van der Waals surface area contributed by atoms with Crippen molar-refractivity contribution in [3.8, 4) is 0 Å². The van der Waals surface area contributed by atoms with Crippen molar-refractivity contribution >= 4 is 29.4 Å². The number of benzene rings is 1. The third-order valence-electron chi connectivity index (χ3n) is 5.25. The second-order valence-corrected chi connectivity index (χ2v) is 7.75. The van der Waals surface area contributed by atoms with Crippen LogP contribution < -0.4 is 10.6 Å². The molecule has 1 atom stereocenters. The van der Waals surface area contributed by atoms with Crippen molar-refractivity contribution in [2.75, 3.05) is 11.9 Å². The molecule has 8 nitrogen and oxygen atoms in total. The first kappa shape index (κ1) is 19.7. The van der Waals surface area contributed by atoms with Crippen molar-refractivity contribution < 1.29 is 19.1 Å². The molecule has 1 aliphatic carbocycles. The number of amides is 2. The number of aromatic amines is 1. The van der Waals surface area contributed by atoms with Crippen LogP contribution in [0.2, 0.25) is 5.02 Å². The minimum absolute atomic E-state index is 0.145. The molecule has 154 valence electrons. The normalized spacial score (nSPS) is 23.3. The Morgan fingerprint density at radius 1 is 1.31 bits per heavy atom. The van der Waals surface area contributed by atoms with Crippen molar-refractivity contribution in [2.24, 2.45) is 0 Å². The Bertz CT molecular complexity index is 875. The summed E-state index contributed by atoms with van der Waals surface area (Å²) in [5.74, 6) is 0.603. The smallest absolute Gasteiger partial charge is 0.407 e. The summed E-state index contributed by atoms with van der Waals surface area (Å²) in [4.78, 5) is 24.0. The number of hydrogen-bond acceptors (Lipinski definition) is 5. The second-order valence-electron chi connectivity index (χ2n) is 7.34. The Kier molecular flexibility index (Phi) is 6.01. The van der Waals surface area contributed by atoms with Crippen LogP contribution in [0, 0.1) is 0 Å². The molecule has 1 saturated heterocycles. The molecule has 9 heteroatoms. The first-order chi connectivity index (χ1) is 14.1. The molecule has 2 aliphatic rings. The lowest BCUT2D eigenvalue weighted by atomic mass is 9.80. The van der Waals surface area contributed by atoms with Gasteiger partial charge >= 0.3 is 6.09 Å². The van der Waals surface area contributed by atoms with Gasteiger partial charge in [0.2, 0.25) is 0 Å². The largest absolute Gasteiger partial charge is 0.446 e. The number of nitrogens with zero attached hydrogens (tertiary/aromatic N) is 1. The molecule has 3 N–H and O–H groups in total. The van der Waals surface area contributed by atoms with E-state index in [9.17, 15) is 9.59 Å². The molecule has 1 aromatic heterocycles. The number of nitrogens with one attached hydrogen (secondary N) is 3. The topological polar surface area (TPSA) is 105 Å².